The van der Waals surface area contributed by atoms with Crippen LogP contribution in [0.3, 0.4) is 0 Å². The highest BCUT2D eigenvalue weighted by molar-refractivity contribution is 7.91. The number of anilines is 1. The monoisotopic (exact) mass is 386 g/mol. The topological polar surface area (TPSA) is 66.5 Å². The number of sulfonamides is 1. The normalized spacial score (nSPS) is 11.7. The molecule has 130 valence electrons. The van der Waals surface area contributed by atoms with Gasteiger partial charge in [-0.1, -0.05) is 37.1 Å². The third-order valence-electron chi connectivity index (χ3n) is 3.36. The SMILES string of the molecule is CCCc1ccc(NC(=O)CN(C)S(=O)(=O)c2ccc(Cl)s2)cc1. The van der Waals surface area contributed by atoms with Crippen molar-refractivity contribution in [3.05, 3.63) is 46.3 Å². The Kier molecular flexibility index (Phi) is 6.40. The molecular formula is C16H19ClN2O3S2. The summed E-state index contributed by atoms with van der Waals surface area (Å²) in [6.07, 6.45) is 2.04. The summed E-state index contributed by atoms with van der Waals surface area (Å²) in [5.74, 6) is -0.396. The van der Waals surface area contributed by atoms with Crippen LogP contribution in [0.4, 0.5) is 5.69 Å². The van der Waals surface area contributed by atoms with Crippen LogP contribution >= 0.6 is 22.9 Å². The fourth-order valence-corrected chi connectivity index (χ4v) is 4.94. The minimum absolute atomic E-state index is 0.117. The zero-order valence-electron chi connectivity index (χ0n) is 13.5. The van der Waals surface area contributed by atoms with Crippen molar-refractivity contribution >= 4 is 44.6 Å². The number of amides is 1. The maximum Gasteiger partial charge on any atom is 0.252 e. The van der Waals surface area contributed by atoms with Crippen molar-refractivity contribution in [1.82, 2.24) is 4.31 Å². The van der Waals surface area contributed by atoms with Crippen molar-refractivity contribution in [2.24, 2.45) is 0 Å². The number of hydrogen-bond acceptors (Lipinski definition) is 4. The zero-order valence-corrected chi connectivity index (χ0v) is 15.8. The molecular weight excluding hydrogens is 368 g/mol. The number of carbonyl (C=O) groups is 1. The summed E-state index contributed by atoms with van der Waals surface area (Å²) in [6, 6.07) is 10.5. The smallest absolute Gasteiger partial charge is 0.252 e. The van der Waals surface area contributed by atoms with Crippen molar-refractivity contribution < 1.29 is 13.2 Å². The molecule has 0 aliphatic heterocycles. The lowest BCUT2D eigenvalue weighted by atomic mass is 10.1. The van der Waals surface area contributed by atoms with Crippen LogP contribution in [0.1, 0.15) is 18.9 Å². The van der Waals surface area contributed by atoms with Gasteiger partial charge in [-0.25, -0.2) is 8.42 Å². The number of likely N-dealkylation sites (N-methyl/N-ethyl adjacent to an activating group) is 1. The van der Waals surface area contributed by atoms with Gasteiger partial charge in [0, 0.05) is 12.7 Å². The Morgan fingerprint density at radius 3 is 2.42 bits per heavy atom. The number of benzene rings is 1. The molecule has 0 unspecified atom stereocenters. The van der Waals surface area contributed by atoms with Gasteiger partial charge in [0.25, 0.3) is 10.0 Å². The molecule has 0 spiro atoms. The second kappa shape index (κ2) is 8.11. The van der Waals surface area contributed by atoms with Crippen LogP contribution in [0.15, 0.2) is 40.6 Å². The molecule has 0 fully saturated rings. The molecule has 0 bridgehead atoms. The Morgan fingerprint density at radius 1 is 1.21 bits per heavy atom. The van der Waals surface area contributed by atoms with Gasteiger partial charge in [0.1, 0.15) is 4.21 Å². The van der Waals surface area contributed by atoms with Crippen LogP contribution in [0.5, 0.6) is 0 Å². The predicted octanol–water partition coefficient (Wildman–Crippen LogP) is 3.61. The Bertz CT molecular complexity index is 801. The molecule has 0 radical (unpaired) electrons. The summed E-state index contributed by atoms with van der Waals surface area (Å²) in [5.41, 5.74) is 1.84. The average Bonchev–Trinajstić information content (AvgIpc) is 2.96. The highest BCUT2D eigenvalue weighted by Crippen LogP contribution is 2.27. The van der Waals surface area contributed by atoms with E-state index in [-0.39, 0.29) is 10.8 Å². The van der Waals surface area contributed by atoms with Gasteiger partial charge in [-0.2, -0.15) is 4.31 Å². The van der Waals surface area contributed by atoms with Gasteiger partial charge in [-0.15, -0.1) is 11.3 Å². The summed E-state index contributed by atoms with van der Waals surface area (Å²) in [5, 5.41) is 2.70. The van der Waals surface area contributed by atoms with Crippen LogP contribution in [0.25, 0.3) is 0 Å². The molecule has 5 nitrogen and oxygen atoms in total. The van der Waals surface area contributed by atoms with Gasteiger partial charge in [-0.05, 0) is 36.2 Å². The summed E-state index contributed by atoms with van der Waals surface area (Å²) < 4.78 is 26.2. The molecule has 0 aliphatic carbocycles. The highest BCUT2D eigenvalue weighted by Gasteiger charge is 2.24. The maximum atomic E-state index is 12.3. The number of aryl methyl sites for hydroxylation is 1. The number of nitrogens with zero attached hydrogens (tertiary/aromatic N) is 1. The lowest BCUT2D eigenvalue weighted by molar-refractivity contribution is -0.116. The molecule has 1 amide bonds. The Labute approximate surface area is 151 Å². The molecule has 0 aliphatic rings. The van der Waals surface area contributed by atoms with Crippen LogP contribution in [0.2, 0.25) is 4.34 Å². The van der Waals surface area contributed by atoms with E-state index in [1.165, 1.54) is 24.7 Å². The minimum Gasteiger partial charge on any atom is -0.325 e. The standard InChI is InChI=1S/C16H19ClN2O3S2/c1-3-4-12-5-7-13(8-6-12)18-15(20)11-19(2)24(21,22)16-10-9-14(17)23-16/h5-10H,3-4,11H2,1-2H3,(H,18,20). The lowest BCUT2D eigenvalue weighted by Gasteiger charge is -2.15. The van der Waals surface area contributed by atoms with E-state index in [4.69, 9.17) is 11.6 Å². The summed E-state index contributed by atoms with van der Waals surface area (Å²) >= 11 is 6.74. The van der Waals surface area contributed by atoms with E-state index >= 15 is 0 Å². The molecule has 1 N–H and O–H groups in total. The van der Waals surface area contributed by atoms with Gasteiger partial charge in [0.2, 0.25) is 5.91 Å². The predicted molar refractivity (Wildman–Crippen MR) is 98.2 cm³/mol. The largest absolute Gasteiger partial charge is 0.325 e. The number of nitrogens with one attached hydrogen (secondary N) is 1. The van der Waals surface area contributed by atoms with E-state index < -0.39 is 15.9 Å². The van der Waals surface area contributed by atoms with E-state index in [2.05, 4.69) is 12.2 Å². The Hall–Kier alpha value is -1.41. The molecule has 24 heavy (non-hydrogen) atoms. The molecule has 1 aromatic heterocycles. The van der Waals surface area contributed by atoms with Gasteiger partial charge in [0.05, 0.1) is 10.9 Å². The van der Waals surface area contributed by atoms with Crippen molar-refractivity contribution in [3.63, 3.8) is 0 Å². The lowest BCUT2D eigenvalue weighted by Crippen LogP contribution is -2.34. The van der Waals surface area contributed by atoms with Gasteiger partial charge in [-0.3, -0.25) is 4.79 Å². The van der Waals surface area contributed by atoms with Crippen molar-refractivity contribution in [1.29, 1.82) is 0 Å². The number of halogens is 1. The third-order valence-corrected chi connectivity index (χ3v) is 6.86. The van der Waals surface area contributed by atoms with E-state index in [1.807, 2.05) is 24.3 Å². The minimum atomic E-state index is -3.71. The van der Waals surface area contributed by atoms with Crippen LogP contribution in [0, 0.1) is 0 Å². The van der Waals surface area contributed by atoms with Gasteiger partial charge >= 0.3 is 0 Å². The van der Waals surface area contributed by atoms with Crippen molar-refractivity contribution in [3.8, 4) is 0 Å². The Morgan fingerprint density at radius 2 is 1.88 bits per heavy atom. The quantitative estimate of drug-likeness (QED) is 0.790. The van der Waals surface area contributed by atoms with Gasteiger partial charge in [0.15, 0.2) is 0 Å². The van der Waals surface area contributed by atoms with Crippen molar-refractivity contribution in [2.75, 3.05) is 18.9 Å². The van der Waals surface area contributed by atoms with Gasteiger partial charge < -0.3 is 5.32 Å². The summed E-state index contributed by atoms with van der Waals surface area (Å²) in [6.45, 7) is 1.83. The second-order valence-electron chi connectivity index (χ2n) is 5.31. The molecule has 8 heteroatoms. The summed E-state index contributed by atoms with van der Waals surface area (Å²) in [7, 11) is -2.35. The van der Waals surface area contributed by atoms with Crippen LogP contribution in [-0.2, 0) is 21.2 Å². The second-order valence-corrected chi connectivity index (χ2v) is 9.30. The average molecular weight is 387 g/mol. The molecule has 2 rings (SSSR count). The van der Waals surface area contributed by atoms with E-state index in [0.717, 1.165) is 28.5 Å². The molecule has 0 saturated heterocycles. The molecule has 1 aromatic carbocycles. The molecule has 0 saturated carbocycles. The van der Waals surface area contributed by atoms with Crippen LogP contribution in [-0.4, -0.2) is 32.2 Å². The fraction of sp³-hybridized carbons (Fsp3) is 0.312. The van der Waals surface area contributed by atoms with Crippen LogP contribution < -0.4 is 5.32 Å². The fourth-order valence-electron chi connectivity index (χ4n) is 2.12. The van der Waals surface area contributed by atoms with E-state index in [0.29, 0.717) is 10.0 Å². The molecule has 1 heterocycles. The number of carbonyl (C=O) groups excluding carboxylic acids is 1. The first-order valence-electron chi connectivity index (χ1n) is 7.43. The maximum absolute atomic E-state index is 12.3. The first-order chi connectivity index (χ1) is 11.3. The number of hydrogen-bond donors (Lipinski definition) is 1. The molecule has 0 atom stereocenters. The number of rotatable bonds is 7. The summed E-state index contributed by atoms with van der Waals surface area (Å²) in [4.78, 5) is 12.1. The highest BCUT2D eigenvalue weighted by atomic mass is 35.5. The number of thiophene rings is 1. The first-order valence-corrected chi connectivity index (χ1v) is 10.1. The zero-order chi connectivity index (χ0) is 17.7. The molecule has 2 aromatic rings. The van der Waals surface area contributed by atoms with E-state index in [1.54, 1.807) is 0 Å². The Balaban J connectivity index is 1.98. The first kappa shape index (κ1) is 18.9. The van der Waals surface area contributed by atoms with E-state index in [9.17, 15) is 13.2 Å². The third kappa shape index (κ3) is 4.80. The van der Waals surface area contributed by atoms with Crippen molar-refractivity contribution in [2.45, 2.75) is 24.0 Å².